The Hall–Kier alpha value is -2.24. The van der Waals surface area contributed by atoms with Crippen LogP contribution in [0.15, 0.2) is 24.3 Å². The first kappa shape index (κ1) is 12.8. The van der Waals surface area contributed by atoms with Gasteiger partial charge in [-0.3, -0.25) is 19.3 Å². The Bertz CT molecular complexity index is 472. The number of carboxylic acid groups (broad SMARTS) is 1. The van der Waals surface area contributed by atoms with Crippen molar-refractivity contribution in [1.29, 1.82) is 0 Å². The van der Waals surface area contributed by atoms with Gasteiger partial charge < -0.3 is 5.11 Å². The molecule has 0 spiro atoms. The summed E-state index contributed by atoms with van der Waals surface area (Å²) in [5.74, 6) is -3.85. The number of hydrogen-bond donors (Lipinski definition) is 1. The number of carbonyl (C=O) groups is 3. The molecule has 0 bridgehead atoms. The zero-order valence-electron chi connectivity index (χ0n) is 9.01. The molecule has 1 aromatic rings. The van der Waals surface area contributed by atoms with Crippen LogP contribution in [0.5, 0.6) is 0 Å². The molecule has 0 unspecified atom stereocenters. The van der Waals surface area contributed by atoms with Crippen molar-refractivity contribution in [2.24, 2.45) is 0 Å². The van der Waals surface area contributed by atoms with E-state index in [9.17, 15) is 18.8 Å². The predicted octanol–water partition coefficient (Wildman–Crippen LogP) is 0.899. The summed E-state index contributed by atoms with van der Waals surface area (Å²) in [6.45, 7) is 0.254. The average molecular weight is 239 g/mol. The van der Waals surface area contributed by atoms with Crippen LogP contribution < -0.4 is 0 Å². The molecule has 2 amide bonds. The lowest BCUT2D eigenvalue weighted by atomic mass is 10.2. The summed E-state index contributed by atoms with van der Waals surface area (Å²) >= 11 is 0. The first-order chi connectivity index (χ1) is 7.93. The van der Waals surface area contributed by atoms with Crippen LogP contribution >= 0.6 is 0 Å². The molecule has 0 saturated heterocycles. The maximum absolute atomic E-state index is 13.3. The zero-order valence-corrected chi connectivity index (χ0v) is 9.01. The number of nitrogens with zero attached hydrogens (tertiary/aromatic N) is 1. The van der Waals surface area contributed by atoms with Crippen LogP contribution in [0.25, 0.3) is 0 Å². The summed E-state index contributed by atoms with van der Waals surface area (Å²) in [4.78, 5) is 33.8. The smallest absolute Gasteiger partial charge is 0.323 e. The molecule has 0 saturated carbocycles. The Kier molecular flexibility index (Phi) is 3.92. The summed E-state index contributed by atoms with van der Waals surface area (Å²) in [5, 5.41) is 8.56. The Balaban J connectivity index is 3.04. The molecule has 0 aromatic heterocycles. The van der Waals surface area contributed by atoms with Gasteiger partial charge in [0.05, 0.1) is 5.56 Å². The lowest BCUT2D eigenvalue weighted by Gasteiger charge is -2.16. The molecule has 17 heavy (non-hydrogen) atoms. The average Bonchev–Trinajstić information content (AvgIpc) is 2.25. The van der Waals surface area contributed by atoms with Crippen molar-refractivity contribution in [3.8, 4) is 0 Å². The first-order valence-electron chi connectivity index (χ1n) is 4.72. The fraction of sp³-hybridized carbons (Fsp3) is 0.182. The minimum Gasteiger partial charge on any atom is -0.480 e. The molecular weight excluding hydrogens is 229 g/mol. The highest BCUT2D eigenvalue weighted by atomic mass is 19.1. The van der Waals surface area contributed by atoms with Gasteiger partial charge in [0.1, 0.15) is 12.4 Å². The Morgan fingerprint density at radius 3 is 2.35 bits per heavy atom. The van der Waals surface area contributed by atoms with Crippen molar-refractivity contribution < 1.29 is 23.9 Å². The van der Waals surface area contributed by atoms with Crippen molar-refractivity contribution >= 4 is 17.8 Å². The molecule has 0 atom stereocenters. The standard InChI is InChI=1S/C11H10FNO4/c1-7(14)13(6-10(15)16)11(17)8-4-2-3-5-9(8)12/h2-5H,6H2,1H3,(H,15,16). The Labute approximate surface area is 96.5 Å². The predicted molar refractivity (Wildman–Crippen MR) is 55.8 cm³/mol. The van der Waals surface area contributed by atoms with Crippen LogP contribution in [0.1, 0.15) is 17.3 Å². The Morgan fingerprint density at radius 2 is 1.88 bits per heavy atom. The molecule has 0 aliphatic carbocycles. The van der Waals surface area contributed by atoms with Crippen molar-refractivity contribution in [3.63, 3.8) is 0 Å². The molecule has 0 radical (unpaired) electrons. The lowest BCUT2D eigenvalue weighted by molar-refractivity contribution is -0.142. The fourth-order valence-corrected chi connectivity index (χ4v) is 1.24. The maximum Gasteiger partial charge on any atom is 0.323 e. The number of benzene rings is 1. The van der Waals surface area contributed by atoms with Gasteiger partial charge in [-0.1, -0.05) is 12.1 Å². The number of imide groups is 1. The van der Waals surface area contributed by atoms with E-state index in [4.69, 9.17) is 5.11 Å². The van der Waals surface area contributed by atoms with Gasteiger partial charge in [0, 0.05) is 6.92 Å². The number of halogens is 1. The molecule has 5 nitrogen and oxygen atoms in total. The molecule has 1 aromatic carbocycles. The molecule has 1 rings (SSSR count). The Morgan fingerprint density at radius 1 is 1.29 bits per heavy atom. The van der Waals surface area contributed by atoms with Crippen LogP contribution in [-0.2, 0) is 9.59 Å². The summed E-state index contributed by atoms with van der Waals surface area (Å²) in [5.41, 5.74) is -0.330. The van der Waals surface area contributed by atoms with Gasteiger partial charge in [-0.15, -0.1) is 0 Å². The third-order valence-corrected chi connectivity index (χ3v) is 2.02. The normalized spacial score (nSPS) is 9.76. The van der Waals surface area contributed by atoms with E-state index in [-0.39, 0.29) is 5.56 Å². The van der Waals surface area contributed by atoms with Crippen LogP contribution in [0.2, 0.25) is 0 Å². The monoisotopic (exact) mass is 239 g/mol. The van der Waals surface area contributed by atoms with Crippen molar-refractivity contribution in [1.82, 2.24) is 4.90 Å². The zero-order chi connectivity index (χ0) is 13.0. The minimum atomic E-state index is -1.34. The van der Waals surface area contributed by atoms with E-state index >= 15 is 0 Å². The minimum absolute atomic E-state index is 0.330. The van der Waals surface area contributed by atoms with Crippen molar-refractivity contribution in [2.45, 2.75) is 6.92 Å². The van der Waals surface area contributed by atoms with E-state index in [0.29, 0.717) is 4.90 Å². The molecule has 0 aliphatic heterocycles. The first-order valence-corrected chi connectivity index (χ1v) is 4.72. The third-order valence-electron chi connectivity index (χ3n) is 2.02. The number of hydrogen-bond acceptors (Lipinski definition) is 3. The SMILES string of the molecule is CC(=O)N(CC(=O)O)C(=O)c1ccccc1F. The van der Waals surface area contributed by atoms with E-state index in [1.54, 1.807) is 0 Å². The van der Waals surface area contributed by atoms with Gasteiger partial charge in [-0.2, -0.15) is 0 Å². The summed E-state index contributed by atoms with van der Waals surface area (Å²) in [7, 11) is 0. The van der Waals surface area contributed by atoms with Gasteiger partial charge in [0.25, 0.3) is 5.91 Å². The van der Waals surface area contributed by atoms with Crippen molar-refractivity contribution in [2.75, 3.05) is 6.54 Å². The maximum atomic E-state index is 13.3. The van der Waals surface area contributed by atoms with E-state index < -0.39 is 30.1 Å². The topological polar surface area (TPSA) is 74.7 Å². The number of carboxylic acids is 1. The van der Waals surface area contributed by atoms with Crippen LogP contribution in [0, 0.1) is 5.82 Å². The van der Waals surface area contributed by atoms with Gasteiger partial charge in [0.15, 0.2) is 0 Å². The number of rotatable bonds is 3. The number of carbonyl (C=O) groups excluding carboxylic acids is 2. The van der Waals surface area contributed by atoms with Crippen LogP contribution in [-0.4, -0.2) is 34.3 Å². The van der Waals surface area contributed by atoms with Gasteiger partial charge in [0.2, 0.25) is 5.91 Å². The highest BCUT2D eigenvalue weighted by Crippen LogP contribution is 2.10. The van der Waals surface area contributed by atoms with E-state index in [0.717, 1.165) is 13.0 Å². The molecule has 1 N–H and O–H groups in total. The van der Waals surface area contributed by atoms with E-state index in [2.05, 4.69) is 0 Å². The van der Waals surface area contributed by atoms with Crippen LogP contribution in [0.3, 0.4) is 0 Å². The second-order valence-corrected chi connectivity index (χ2v) is 3.28. The highest BCUT2D eigenvalue weighted by Gasteiger charge is 2.24. The summed E-state index contributed by atoms with van der Waals surface area (Å²) < 4.78 is 13.3. The van der Waals surface area contributed by atoms with Crippen molar-refractivity contribution in [3.05, 3.63) is 35.6 Å². The van der Waals surface area contributed by atoms with Crippen LogP contribution in [0.4, 0.5) is 4.39 Å². The second kappa shape index (κ2) is 5.20. The number of amides is 2. The molecular formula is C11H10FNO4. The van der Waals surface area contributed by atoms with E-state index in [1.807, 2.05) is 0 Å². The third kappa shape index (κ3) is 3.10. The highest BCUT2D eigenvalue weighted by molar-refractivity contribution is 6.05. The van der Waals surface area contributed by atoms with E-state index in [1.165, 1.54) is 18.2 Å². The quantitative estimate of drug-likeness (QED) is 0.850. The summed E-state index contributed by atoms with van der Waals surface area (Å²) in [6.07, 6.45) is 0. The van der Waals surface area contributed by atoms with Gasteiger partial charge in [-0.25, -0.2) is 4.39 Å². The molecule has 0 fully saturated rings. The van der Waals surface area contributed by atoms with Gasteiger partial charge in [-0.05, 0) is 12.1 Å². The molecule has 90 valence electrons. The number of aliphatic carboxylic acids is 1. The molecule has 0 heterocycles. The fourth-order valence-electron chi connectivity index (χ4n) is 1.24. The summed E-state index contributed by atoms with van der Waals surface area (Å²) in [6, 6.07) is 5.07. The second-order valence-electron chi connectivity index (χ2n) is 3.28. The largest absolute Gasteiger partial charge is 0.480 e. The van der Waals surface area contributed by atoms with Gasteiger partial charge >= 0.3 is 5.97 Å². The molecule has 6 heteroatoms. The molecule has 0 aliphatic rings. The lowest BCUT2D eigenvalue weighted by Crippen LogP contribution is -2.39.